The molecule has 7 rings (SSSR count). The summed E-state index contributed by atoms with van der Waals surface area (Å²) in [6.45, 7) is 10.8. The fraction of sp³-hybridized carbons (Fsp3) is 0.839. The summed E-state index contributed by atoms with van der Waals surface area (Å²) in [6, 6.07) is 0. The second kappa shape index (κ2) is 8.56. The van der Waals surface area contributed by atoms with E-state index >= 15 is 0 Å². The van der Waals surface area contributed by atoms with Gasteiger partial charge in [0.25, 0.3) is 0 Å². The van der Waals surface area contributed by atoms with Gasteiger partial charge < -0.3 is 39.0 Å². The molecular weight excluding hydrogens is 548 g/mol. The number of carbonyl (C=O) groups is 3. The van der Waals surface area contributed by atoms with Crippen LogP contribution in [0.25, 0.3) is 0 Å². The molecule has 14 atom stereocenters. The fourth-order valence-electron chi connectivity index (χ4n) is 11.0. The van der Waals surface area contributed by atoms with Crippen molar-refractivity contribution in [1.82, 2.24) is 0 Å². The summed E-state index contributed by atoms with van der Waals surface area (Å²) >= 11 is 0. The molecule has 4 aliphatic heterocycles. The molecule has 0 aromatic rings. The van der Waals surface area contributed by atoms with Gasteiger partial charge in [-0.05, 0) is 64.4 Å². The normalized spacial score (nSPS) is 55.4. The predicted molar refractivity (Wildman–Crippen MR) is 142 cm³/mol. The molecule has 11 heteroatoms. The summed E-state index contributed by atoms with van der Waals surface area (Å²) < 4.78 is 30.9. The second-order valence-electron chi connectivity index (χ2n) is 14.9. The highest BCUT2D eigenvalue weighted by Crippen LogP contribution is 2.73. The largest absolute Gasteiger partial charge is 0.462 e. The molecule has 11 nitrogen and oxygen atoms in total. The van der Waals surface area contributed by atoms with Gasteiger partial charge in [0.1, 0.15) is 30.0 Å². The minimum absolute atomic E-state index is 0.0342. The molecule has 2 spiro atoms. The van der Waals surface area contributed by atoms with E-state index in [0.29, 0.717) is 18.4 Å². The Morgan fingerprint density at radius 2 is 1.81 bits per heavy atom. The molecule has 3 saturated heterocycles. The first-order chi connectivity index (χ1) is 19.5. The molecule has 3 saturated carbocycles. The second-order valence-corrected chi connectivity index (χ2v) is 14.9. The third-order valence-electron chi connectivity index (χ3n) is 12.5. The summed E-state index contributed by atoms with van der Waals surface area (Å²) in [5, 5.41) is 35.7. The van der Waals surface area contributed by atoms with Gasteiger partial charge in [-0.15, -0.1) is 0 Å². The fourth-order valence-corrected chi connectivity index (χ4v) is 11.0. The molecule has 0 radical (unpaired) electrons. The van der Waals surface area contributed by atoms with Crippen LogP contribution < -0.4 is 0 Å². The summed E-state index contributed by atoms with van der Waals surface area (Å²) in [4.78, 5) is 37.4. The summed E-state index contributed by atoms with van der Waals surface area (Å²) in [6.07, 6.45) is -2.25. The Kier molecular flexibility index (Phi) is 5.85. The SMILES string of the molecule is CC(=O)O[C@H]1C[C@@H]2[C@H](C)[C@@H]([C@@H]3C=C(C)C(=O)O3)O[C@@]23CC[C@]2(O)C[C@]45OC(=O)[C@H](O)[C@H]4OC(C)(C)[C@@H]5C[C@@H](O)[C@H]2[C@@]13C. The van der Waals surface area contributed by atoms with Crippen LogP contribution >= 0.6 is 0 Å². The molecule has 6 fully saturated rings. The van der Waals surface area contributed by atoms with E-state index in [0.717, 1.165) is 0 Å². The highest BCUT2D eigenvalue weighted by atomic mass is 16.6. The van der Waals surface area contributed by atoms with Crippen LogP contribution in [-0.4, -0.2) is 92.3 Å². The third kappa shape index (κ3) is 3.32. The molecule has 0 unspecified atom stereocenters. The van der Waals surface area contributed by atoms with Gasteiger partial charge >= 0.3 is 17.9 Å². The zero-order valence-electron chi connectivity index (χ0n) is 25.0. The number of esters is 3. The number of aliphatic hydroxyl groups is 3. The maximum absolute atomic E-state index is 12.7. The Morgan fingerprint density at radius 3 is 2.45 bits per heavy atom. The van der Waals surface area contributed by atoms with Crippen molar-refractivity contribution in [3.8, 4) is 0 Å². The van der Waals surface area contributed by atoms with Crippen molar-refractivity contribution < 1.29 is 53.4 Å². The van der Waals surface area contributed by atoms with Crippen molar-refractivity contribution in [1.29, 1.82) is 0 Å². The molecule has 42 heavy (non-hydrogen) atoms. The lowest BCUT2D eigenvalue weighted by Gasteiger charge is -2.60. The molecule has 232 valence electrons. The lowest BCUT2D eigenvalue weighted by Crippen LogP contribution is -2.68. The van der Waals surface area contributed by atoms with E-state index in [-0.39, 0.29) is 37.1 Å². The highest BCUT2D eigenvalue weighted by Gasteiger charge is 2.81. The summed E-state index contributed by atoms with van der Waals surface area (Å²) in [5.74, 6) is -3.12. The minimum atomic E-state index is -1.56. The molecule has 3 N–H and O–H groups in total. The molecule has 4 heterocycles. The molecule has 3 aliphatic carbocycles. The number of ether oxygens (including phenoxy) is 5. The van der Waals surface area contributed by atoms with Gasteiger partial charge in [-0.25, -0.2) is 9.59 Å². The van der Waals surface area contributed by atoms with Gasteiger partial charge in [0, 0.05) is 36.2 Å². The number of cyclic esters (lactones) is 1. The van der Waals surface area contributed by atoms with Crippen molar-refractivity contribution in [2.75, 3.05) is 0 Å². The standard InChI is InChI=1S/C31H42O11/c1-13-9-18(39-25(13)35)22-14(2)16-10-20(38-15(3)32)28(6)23-17(33)11-19-27(4,5)41-24-21(34)26(36)42-30(19,24)12-29(23,37)7-8-31(16,28)40-22/h9,14,16-24,33-34,37H,7-8,10-12H2,1-6H3/t14-,16+,17+,18-,19-,20-,21+,22-,23-,24+,28+,29-,30+,31-/m0/s1. The zero-order chi connectivity index (χ0) is 30.4. The average Bonchev–Trinajstić information content (AvgIpc) is 3.54. The van der Waals surface area contributed by atoms with E-state index in [4.69, 9.17) is 23.7 Å². The predicted octanol–water partition coefficient (Wildman–Crippen LogP) is 1.34. The molecule has 0 aromatic heterocycles. The Labute approximate surface area is 244 Å². The average molecular weight is 591 g/mol. The van der Waals surface area contributed by atoms with Crippen LogP contribution in [0.15, 0.2) is 11.6 Å². The number of hydrogen-bond donors (Lipinski definition) is 3. The van der Waals surface area contributed by atoms with Crippen LogP contribution in [0.5, 0.6) is 0 Å². The highest BCUT2D eigenvalue weighted by molar-refractivity contribution is 5.90. The zero-order valence-corrected chi connectivity index (χ0v) is 25.0. The maximum atomic E-state index is 12.7. The number of hydrogen-bond acceptors (Lipinski definition) is 11. The third-order valence-corrected chi connectivity index (χ3v) is 12.5. The van der Waals surface area contributed by atoms with Crippen LogP contribution in [0.1, 0.15) is 73.6 Å². The Hall–Kier alpha value is -2.05. The van der Waals surface area contributed by atoms with Gasteiger partial charge in [0.2, 0.25) is 0 Å². The quantitative estimate of drug-likeness (QED) is 0.315. The number of fused-ring (bicyclic) bond motifs is 2. The van der Waals surface area contributed by atoms with E-state index < -0.39 is 88.2 Å². The Bertz CT molecular complexity index is 1280. The monoisotopic (exact) mass is 590 g/mol. The summed E-state index contributed by atoms with van der Waals surface area (Å²) in [5.41, 5.74) is -5.15. The molecule has 0 aromatic carbocycles. The van der Waals surface area contributed by atoms with Crippen molar-refractivity contribution in [2.24, 2.45) is 29.1 Å². The van der Waals surface area contributed by atoms with Crippen molar-refractivity contribution in [2.45, 2.75) is 133 Å². The van der Waals surface area contributed by atoms with Crippen molar-refractivity contribution in [3.63, 3.8) is 0 Å². The van der Waals surface area contributed by atoms with Gasteiger partial charge in [-0.3, -0.25) is 4.79 Å². The van der Waals surface area contributed by atoms with Gasteiger partial charge in [-0.1, -0.05) is 13.8 Å². The number of aliphatic hydroxyl groups excluding tert-OH is 2. The van der Waals surface area contributed by atoms with Crippen LogP contribution in [0.2, 0.25) is 0 Å². The van der Waals surface area contributed by atoms with Crippen molar-refractivity contribution in [3.05, 3.63) is 11.6 Å². The Morgan fingerprint density at radius 1 is 1.10 bits per heavy atom. The van der Waals surface area contributed by atoms with Crippen LogP contribution in [-0.2, 0) is 38.1 Å². The van der Waals surface area contributed by atoms with E-state index in [9.17, 15) is 29.7 Å². The van der Waals surface area contributed by atoms with Crippen LogP contribution in [0.4, 0.5) is 0 Å². The van der Waals surface area contributed by atoms with Crippen molar-refractivity contribution >= 4 is 17.9 Å². The van der Waals surface area contributed by atoms with E-state index in [2.05, 4.69) is 6.92 Å². The van der Waals surface area contributed by atoms with E-state index in [1.54, 1.807) is 13.0 Å². The number of carbonyl (C=O) groups excluding carboxylic acids is 3. The van der Waals surface area contributed by atoms with Gasteiger partial charge in [0.15, 0.2) is 6.10 Å². The number of rotatable bonds is 2. The summed E-state index contributed by atoms with van der Waals surface area (Å²) in [7, 11) is 0. The van der Waals surface area contributed by atoms with E-state index in [1.165, 1.54) is 6.92 Å². The smallest absolute Gasteiger partial charge is 0.338 e. The van der Waals surface area contributed by atoms with Crippen LogP contribution in [0.3, 0.4) is 0 Å². The topological polar surface area (TPSA) is 158 Å². The molecular formula is C31H42O11. The lowest BCUT2D eigenvalue weighted by atomic mass is 9.50. The maximum Gasteiger partial charge on any atom is 0.338 e. The Balaban J connectivity index is 1.34. The van der Waals surface area contributed by atoms with Gasteiger partial charge in [-0.2, -0.15) is 0 Å². The first-order valence-electron chi connectivity index (χ1n) is 15.2. The molecule has 7 aliphatic rings. The van der Waals surface area contributed by atoms with Gasteiger partial charge in [0.05, 0.1) is 22.9 Å². The van der Waals surface area contributed by atoms with E-state index in [1.807, 2.05) is 20.8 Å². The molecule has 0 amide bonds. The first kappa shape index (κ1) is 28.7. The minimum Gasteiger partial charge on any atom is -0.462 e. The van der Waals surface area contributed by atoms with Crippen LogP contribution in [0, 0.1) is 29.1 Å². The lowest BCUT2D eigenvalue weighted by molar-refractivity contribution is -0.270. The molecule has 0 bridgehead atoms. The first-order valence-corrected chi connectivity index (χ1v) is 15.2.